The zero-order valence-electron chi connectivity index (χ0n) is 16.1. The van der Waals surface area contributed by atoms with Gasteiger partial charge >= 0.3 is 0 Å². The van der Waals surface area contributed by atoms with E-state index in [2.05, 4.69) is 31.1 Å². The van der Waals surface area contributed by atoms with E-state index < -0.39 is 9.84 Å². The van der Waals surface area contributed by atoms with E-state index in [1.807, 2.05) is 30.3 Å². The van der Waals surface area contributed by atoms with Crippen molar-refractivity contribution in [3.63, 3.8) is 0 Å². The Bertz CT molecular complexity index is 619. The van der Waals surface area contributed by atoms with Crippen LogP contribution in [0.4, 0.5) is 0 Å². The summed E-state index contributed by atoms with van der Waals surface area (Å²) in [5, 5.41) is 3.17. The number of guanidine groups is 1. The van der Waals surface area contributed by atoms with Crippen LogP contribution in [0, 0.1) is 5.92 Å². The lowest BCUT2D eigenvalue weighted by molar-refractivity contribution is 0.493. The maximum Gasteiger partial charge on any atom is 0.188 e. The highest BCUT2D eigenvalue weighted by atomic mass is 127. The first kappa shape index (κ1) is 25.2. The van der Waals surface area contributed by atoms with Gasteiger partial charge in [-0.3, -0.25) is 4.99 Å². The molecule has 1 unspecified atom stereocenters. The fourth-order valence-corrected chi connectivity index (χ4v) is 4.00. The predicted octanol–water partition coefficient (Wildman–Crippen LogP) is 3.73. The fourth-order valence-electron chi connectivity index (χ4n) is 2.59. The molecule has 26 heavy (non-hydrogen) atoms. The summed E-state index contributed by atoms with van der Waals surface area (Å²) in [5.74, 6) is 1.33. The minimum absolute atomic E-state index is 0. The summed E-state index contributed by atoms with van der Waals surface area (Å²) in [7, 11) is -3.11. The average Bonchev–Trinajstić information content (AvgIpc) is 2.51. The Morgan fingerprint density at radius 1 is 1.12 bits per heavy atom. The number of sulfone groups is 1. The van der Waals surface area contributed by atoms with Gasteiger partial charge in [0, 0.05) is 12.6 Å². The van der Waals surface area contributed by atoms with E-state index in [1.54, 1.807) is 0 Å². The Morgan fingerprint density at radius 2 is 1.77 bits per heavy atom. The molecule has 0 saturated heterocycles. The van der Waals surface area contributed by atoms with Crippen molar-refractivity contribution < 1.29 is 8.42 Å². The molecule has 7 heteroatoms. The highest BCUT2D eigenvalue weighted by Gasteiger charge is 2.11. The molecule has 0 radical (unpaired) electrons. The van der Waals surface area contributed by atoms with Crippen molar-refractivity contribution >= 4 is 39.8 Å². The highest BCUT2D eigenvalue weighted by molar-refractivity contribution is 14.0. The minimum atomic E-state index is -3.11. The molecule has 0 aliphatic heterocycles. The third-order valence-corrected chi connectivity index (χ3v) is 5.62. The van der Waals surface area contributed by atoms with Gasteiger partial charge in [0.15, 0.2) is 15.8 Å². The second kappa shape index (κ2) is 13.4. The normalized spacial score (nSPS) is 13.3. The molecule has 0 fully saturated rings. The quantitative estimate of drug-likeness (QED) is 0.212. The van der Waals surface area contributed by atoms with Crippen LogP contribution in [0.1, 0.15) is 52.0 Å². The van der Waals surface area contributed by atoms with Crippen LogP contribution in [-0.4, -0.2) is 32.7 Å². The van der Waals surface area contributed by atoms with Gasteiger partial charge < -0.3 is 11.1 Å². The van der Waals surface area contributed by atoms with Crippen molar-refractivity contribution in [3.8, 4) is 0 Å². The van der Waals surface area contributed by atoms with Crippen molar-refractivity contribution in [1.82, 2.24) is 5.32 Å². The van der Waals surface area contributed by atoms with Gasteiger partial charge in [0.1, 0.15) is 0 Å². The maximum absolute atomic E-state index is 12.1. The number of aliphatic imine (C=N–C) groups is 1. The molecule has 1 aromatic carbocycles. The molecule has 0 spiro atoms. The molecule has 0 heterocycles. The Balaban J connectivity index is 0.00000625. The summed E-state index contributed by atoms with van der Waals surface area (Å²) < 4.78 is 24.2. The summed E-state index contributed by atoms with van der Waals surface area (Å²) in [5.41, 5.74) is 6.69. The van der Waals surface area contributed by atoms with E-state index in [1.165, 1.54) is 6.42 Å². The zero-order valence-corrected chi connectivity index (χ0v) is 19.3. The first-order valence-corrected chi connectivity index (χ1v) is 10.9. The molecule has 0 aliphatic carbocycles. The van der Waals surface area contributed by atoms with Crippen LogP contribution >= 0.6 is 24.0 Å². The number of nitrogens with zero attached hydrogens (tertiary/aromatic N) is 1. The lowest BCUT2D eigenvalue weighted by atomic mass is 10.0. The van der Waals surface area contributed by atoms with Gasteiger partial charge in [0.25, 0.3) is 0 Å². The number of nitrogens with two attached hydrogens (primary N) is 1. The first-order valence-electron chi connectivity index (χ1n) is 9.09. The number of nitrogens with one attached hydrogen (secondary N) is 1. The van der Waals surface area contributed by atoms with Crippen LogP contribution in [0.2, 0.25) is 0 Å². The number of benzene rings is 1. The van der Waals surface area contributed by atoms with E-state index in [0.717, 1.165) is 24.3 Å². The van der Waals surface area contributed by atoms with Crippen LogP contribution in [0.3, 0.4) is 0 Å². The second-order valence-corrected chi connectivity index (χ2v) is 9.25. The molecule has 3 N–H and O–H groups in total. The third-order valence-electron chi connectivity index (χ3n) is 3.94. The minimum Gasteiger partial charge on any atom is -0.370 e. The summed E-state index contributed by atoms with van der Waals surface area (Å²) in [6, 6.07) is 9.53. The smallest absolute Gasteiger partial charge is 0.188 e. The molecular weight excluding hydrogens is 461 g/mol. The van der Waals surface area contributed by atoms with Gasteiger partial charge in [-0.1, -0.05) is 57.0 Å². The van der Waals surface area contributed by atoms with Crippen molar-refractivity contribution in [2.24, 2.45) is 16.6 Å². The van der Waals surface area contributed by atoms with Crippen LogP contribution in [0.25, 0.3) is 0 Å². The lowest BCUT2D eigenvalue weighted by Crippen LogP contribution is -2.38. The van der Waals surface area contributed by atoms with Gasteiger partial charge in [-0.15, -0.1) is 24.0 Å². The molecule has 1 aromatic rings. The van der Waals surface area contributed by atoms with Crippen LogP contribution in [0.5, 0.6) is 0 Å². The summed E-state index contributed by atoms with van der Waals surface area (Å²) in [4.78, 5) is 4.24. The molecule has 5 nitrogen and oxygen atoms in total. The van der Waals surface area contributed by atoms with Crippen molar-refractivity contribution in [2.45, 2.75) is 58.2 Å². The first-order chi connectivity index (χ1) is 11.8. The van der Waals surface area contributed by atoms with E-state index >= 15 is 0 Å². The molecule has 0 aromatic heterocycles. The molecular formula is C19H34IN3O2S. The van der Waals surface area contributed by atoms with Gasteiger partial charge in [-0.05, 0) is 31.2 Å². The number of halogens is 1. The number of hydrogen-bond donors (Lipinski definition) is 2. The largest absolute Gasteiger partial charge is 0.370 e. The van der Waals surface area contributed by atoms with Crippen molar-refractivity contribution in [3.05, 3.63) is 35.9 Å². The van der Waals surface area contributed by atoms with Crippen molar-refractivity contribution in [1.29, 1.82) is 0 Å². The van der Waals surface area contributed by atoms with Gasteiger partial charge in [-0.25, -0.2) is 8.42 Å². The zero-order chi connectivity index (χ0) is 18.7. The van der Waals surface area contributed by atoms with Gasteiger partial charge in [0.2, 0.25) is 0 Å². The summed E-state index contributed by atoms with van der Waals surface area (Å²) in [6.07, 6.45) is 3.91. The van der Waals surface area contributed by atoms with E-state index in [4.69, 9.17) is 5.73 Å². The molecule has 1 atom stereocenters. The van der Waals surface area contributed by atoms with E-state index in [0.29, 0.717) is 18.9 Å². The Morgan fingerprint density at radius 3 is 2.38 bits per heavy atom. The predicted molar refractivity (Wildman–Crippen MR) is 122 cm³/mol. The van der Waals surface area contributed by atoms with Crippen LogP contribution in [-0.2, 0) is 15.6 Å². The van der Waals surface area contributed by atoms with Crippen LogP contribution in [0.15, 0.2) is 35.3 Å². The van der Waals surface area contributed by atoms with Gasteiger partial charge in [0.05, 0.1) is 11.5 Å². The highest BCUT2D eigenvalue weighted by Crippen LogP contribution is 2.08. The molecule has 150 valence electrons. The molecule has 0 amide bonds. The third kappa shape index (κ3) is 12.5. The Kier molecular flexibility index (Phi) is 12.9. The SMILES string of the molecule is CC(C)CCCC(C)NC(N)=NCCCS(=O)(=O)Cc1ccccc1.I. The van der Waals surface area contributed by atoms with Crippen molar-refractivity contribution in [2.75, 3.05) is 12.3 Å². The topological polar surface area (TPSA) is 84.5 Å². The van der Waals surface area contributed by atoms with Crippen LogP contribution < -0.4 is 11.1 Å². The monoisotopic (exact) mass is 495 g/mol. The summed E-state index contributed by atoms with van der Waals surface area (Å²) >= 11 is 0. The number of hydrogen-bond acceptors (Lipinski definition) is 3. The Hall–Kier alpha value is -0.830. The van der Waals surface area contributed by atoms with E-state index in [9.17, 15) is 8.42 Å². The molecule has 0 bridgehead atoms. The molecule has 0 aliphatic rings. The second-order valence-electron chi connectivity index (χ2n) is 7.07. The summed E-state index contributed by atoms with van der Waals surface area (Å²) in [6.45, 7) is 6.96. The molecule has 0 saturated carbocycles. The lowest BCUT2D eigenvalue weighted by Gasteiger charge is -2.15. The standard InChI is InChI=1S/C19H33N3O2S.HI/c1-16(2)9-7-10-17(3)22-19(20)21-13-8-14-25(23,24)15-18-11-5-4-6-12-18;/h4-6,11-12,16-17H,7-10,13-15H2,1-3H3,(H3,20,21,22);1H. The van der Waals surface area contributed by atoms with E-state index in [-0.39, 0.29) is 41.5 Å². The van der Waals surface area contributed by atoms with Gasteiger partial charge in [-0.2, -0.15) is 0 Å². The average molecular weight is 495 g/mol. The maximum atomic E-state index is 12.1. The Labute approximate surface area is 176 Å². The molecule has 1 rings (SSSR count). The fraction of sp³-hybridized carbons (Fsp3) is 0.632. The number of rotatable bonds is 11.